The lowest BCUT2D eigenvalue weighted by Gasteiger charge is -2.30. The molecule has 188 valence electrons. The third-order valence-electron chi connectivity index (χ3n) is 6.24. The fraction of sp³-hybridized carbons (Fsp3) is 0.345. The zero-order chi connectivity index (χ0) is 25.2. The Hall–Kier alpha value is -2.59. The summed E-state index contributed by atoms with van der Waals surface area (Å²) >= 11 is 12.7. The molecule has 1 saturated heterocycles. The van der Waals surface area contributed by atoms with Crippen LogP contribution >= 0.6 is 23.2 Å². The third kappa shape index (κ3) is 7.96. The van der Waals surface area contributed by atoms with Crippen LogP contribution in [0.2, 0.25) is 10.0 Å². The summed E-state index contributed by atoms with van der Waals surface area (Å²) in [7, 11) is 0. The van der Waals surface area contributed by atoms with Gasteiger partial charge in [0.05, 0.1) is 35.0 Å². The van der Waals surface area contributed by atoms with Gasteiger partial charge in [0.15, 0.2) is 6.29 Å². The number of nitrogens with zero attached hydrogens (tertiary/aromatic N) is 2. The van der Waals surface area contributed by atoms with E-state index in [1.54, 1.807) is 12.1 Å². The molecule has 0 radical (unpaired) electrons. The Labute approximate surface area is 223 Å². The molecule has 0 aliphatic carbocycles. The summed E-state index contributed by atoms with van der Waals surface area (Å²) in [6, 6.07) is 25.7. The first kappa shape index (κ1) is 26.5. The molecule has 1 heterocycles. The van der Waals surface area contributed by atoms with Gasteiger partial charge in [-0.15, -0.1) is 0 Å². The fourth-order valence-corrected chi connectivity index (χ4v) is 4.67. The van der Waals surface area contributed by atoms with Crippen LogP contribution in [0.1, 0.15) is 42.0 Å². The average molecular weight is 524 g/mol. The predicted molar refractivity (Wildman–Crippen MR) is 145 cm³/mol. The Balaban J connectivity index is 1.53. The van der Waals surface area contributed by atoms with Gasteiger partial charge in [-0.1, -0.05) is 65.7 Å². The van der Waals surface area contributed by atoms with Gasteiger partial charge in [0.1, 0.15) is 0 Å². The second kappa shape index (κ2) is 13.6. The van der Waals surface area contributed by atoms with Gasteiger partial charge in [0, 0.05) is 31.3 Å². The van der Waals surface area contributed by atoms with Crippen LogP contribution in [-0.2, 0) is 16.0 Å². The molecule has 1 fully saturated rings. The summed E-state index contributed by atoms with van der Waals surface area (Å²) < 4.78 is 11.8. The highest BCUT2D eigenvalue weighted by Gasteiger charge is 2.20. The quantitative estimate of drug-likeness (QED) is 0.291. The van der Waals surface area contributed by atoms with Crippen LogP contribution in [-0.4, -0.2) is 37.5 Å². The van der Waals surface area contributed by atoms with Crippen LogP contribution in [0.15, 0.2) is 72.8 Å². The average Bonchev–Trinajstić information content (AvgIpc) is 2.91. The number of hydrogen-bond acceptors (Lipinski definition) is 5. The summed E-state index contributed by atoms with van der Waals surface area (Å²) in [4.78, 5) is 2.38. The molecule has 0 saturated carbocycles. The van der Waals surface area contributed by atoms with E-state index in [4.69, 9.17) is 32.7 Å². The van der Waals surface area contributed by atoms with E-state index in [0.29, 0.717) is 28.8 Å². The molecule has 1 unspecified atom stereocenters. The van der Waals surface area contributed by atoms with E-state index in [1.165, 1.54) is 5.56 Å². The van der Waals surface area contributed by atoms with Crippen LogP contribution in [0.5, 0.6) is 0 Å². The lowest BCUT2D eigenvalue weighted by atomic mass is 10.0. The summed E-state index contributed by atoms with van der Waals surface area (Å²) in [5.41, 5.74) is 3.63. The topological polar surface area (TPSA) is 57.5 Å². The Morgan fingerprint density at radius 2 is 1.86 bits per heavy atom. The van der Waals surface area contributed by atoms with Gasteiger partial charge < -0.3 is 14.8 Å². The van der Waals surface area contributed by atoms with Crippen molar-refractivity contribution < 1.29 is 9.47 Å². The van der Waals surface area contributed by atoms with E-state index >= 15 is 0 Å². The molecule has 1 aliphatic heterocycles. The van der Waals surface area contributed by atoms with Crippen LogP contribution in [0.3, 0.4) is 0 Å². The zero-order valence-corrected chi connectivity index (χ0v) is 21.7. The third-order valence-corrected chi connectivity index (χ3v) is 6.80. The molecule has 0 bridgehead atoms. The second-order valence-electron chi connectivity index (χ2n) is 8.94. The van der Waals surface area contributed by atoms with Crippen molar-refractivity contribution >= 4 is 28.9 Å². The first-order chi connectivity index (χ1) is 17.6. The van der Waals surface area contributed by atoms with Gasteiger partial charge in [-0.2, -0.15) is 5.26 Å². The van der Waals surface area contributed by atoms with Gasteiger partial charge >= 0.3 is 0 Å². The normalized spacial score (nSPS) is 16.4. The number of benzene rings is 3. The molecular formula is C29H31Cl2N3O2. The lowest BCUT2D eigenvalue weighted by Crippen LogP contribution is -2.35. The first-order valence-electron chi connectivity index (χ1n) is 12.3. The number of rotatable bonds is 11. The molecule has 0 aromatic heterocycles. The molecule has 3 aromatic rings. The van der Waals surface area contributed by atoms with Gasteiger partial charge in [-0.05, 0) is 60.7 Å². The summed E-state index contributed by atoms with van der Waals surface area (Å²) in [6.45, 7) is 3.60. The summed E-state index contributed by atoms with van der Waals surface area (Å²) in [6.07, 6.45) is 3.09. The molecule has 1 N–H and O–H groups in total. The SMILES string of the molecule is N#Cc1ccc(N[C@@H](CN(CCOC2CCCCO2)Cc2ccccc2)c2ccc(Cl)cc2)c(Cl)c1. The van der Waals surface area contributed by atoms with Crippen LogP contribution in [0.25, 0.3) is 0 Å². The highest BCUT2D eigenvalue weighted by atomic mass is 35.5. The number of hydrogen-bond donors (Lipinski definition) is 1. The number of halogens is 2. The maximum absolute atomic E-state index is 9.21. The van der Waals surface area contributed by atoms with Crippen molar-refractivity contribution in [3.63, 3.8) is 0 Å². The van der Waals surface area contributed by atoms with E-state index in [-0.39, 0.29) is 12.3 Å². The monoisotopic (exact) mass is 523 g/mol. The molecular weight excluding hydrogens is 493 g/mol. The van der Waals surface area contributed by atoms with Crippen molar-refractivity contribution in [2.24, 2.45) is 0 Å². The van der Waals surface area contributed by atoms with Crippen molar-refractivity contribution in [1.29, 1.82) is 5.26 Å². The van der Waals surface area contributed by atoms with Crippen molar-refractivity contribution in [1.82, 2.24) is 4.90 Å². The smallest absolute Gasteiger partial charge is 0.157 e. The van der Waals surface area contributed by atoms with Gasteiger partial charge in [-0.25, -0.2) is 0 Å². The number of nitriles is 1. The minimum absolute atomic E-state index is 0.0673. The van der Waals surface area contributed by atoms with Crippen LogP contribution in [0, 0.1) is 11.3 Å². The van der Waals surface area contributed by atoms with E-state index in [1.807, 2.05) is 36.4 Å². The minimum atomic E-state index is -0.111. The van der Waals surface area contributed by atoms with E-state index in [9.17, 15) is 5.26 Å². The Morgan fingerprint density at radius 3 is 2.56 bits per heavy atom. The zero-order valence-electron chi connectivity index (χ0n) is 20.2. The Bertz CT molecular complexity index is 1130. The van der Waals surface area contributed by atoms with Gasteiger partial charge in [0.25, 0.3) is 0 Å². The van der Waals surface area contributed by atoms with Crippen molar-refractivity contribution in [2.75, 3.05) is 31.6 Å². The molecule has 7 heteroatoms. The summed E-state index contributed by atoms with van der Waals surface area (Å²) in [5, 5.41) is 14.0. The van der Waals surface area contributed by atoms with E-state index < -0.39 is 0 Å². The van der Waals surface area contributed by atoms with Crippen molar-refractivity contribution in [3.05, 3.63) is 99.5 Å². The number of anilines is 1. The second-order valence-corrected chi connectivity index (χ2v) is 9.79. The fourth-order valence-electron chi connectivity index (χ4n) is 4.31. The van der Waals surface area contributed by atoms with Crippen molar-refractivity contribution in [2.45, 2.75) is 38.1 Å². The standard InChI is InChI=1S/C29H31Cl2N3O2/c30-25-12-10-24(11-13-25)28(33-27-14-9-23(19-32)18-26(27)31)21-34(20-22-6-2-1-3-7-22)15-17-36-29-8-4-5-16-35-29/h1-3,6-7,9-14,18,28-29,33H,4-5,8,15-17,20-21H2/t28-,29?/m0/s1. The summed E-state index contributed by atoms with van der Waals surface area (Å²) in [5.74, 6) is 0. The highest BCUT2D eigenvalue weighted by Crippen LogP contribution is 2.29. The Kier molecular flexibility index (Phi) is 10.0. The van der Waals surface area contributed by atoms with Crippen LogP contribution < -0.4 is 5.32 Å². The number of ether oxygens (including phenoxy) is 2. The van der Waals surface area contributed by atoms with Gasteiger partial charge in [-0.3, -0.25) is 4.90 Å². The largest absolute Gasteiger partial charge is 0.376 e. The molecule has 1 aliphatic rings. The number of nitrogens with one attached hydrogen (secondary N) is 1. The molecule has 36 heavy (non-hydrogen) atoms. The molecule has 0 amide bonds. The molecule has 2 atom stereocenters. The molecule has 4 rings (SSSR count). The molecule has 0 spiro atoms. The minimum Gasteiger partial charge on any atom is -0.376 e. The highest BCUT2D eigenvalue weighted by molar-refractivity contribution is 6.33. The maximum atomic E-state index is 9.21. The molecule has 5 nitrogen and oxygen atoms in total. The maximum Gasteiger partial charge on any atom is 0.157 e. The van der Waals surface area contributed by atoms with Crippen molar-refractivity contribution in [3.8, 4) is 6.07 Å². The van der Waals surface area contributed by atoms with Gasteiger partial charge in [0.2, 0.25) is 0 Å². The molecule has 3 aromatic carbocycles. The van der Waals surface area contributed by atoms with Crippen LogP contribution in [0.4, 0.5) is 5.69 Å². The Morgan fingerprint density at radius 1 is 1.06 bits per heavy atom. The van der Waals surface area contributed by atoms with E-state index in [0.717, 1.165) is 50.2 Å². The lowest BCUT2D eigenvalue weighted by molar-refractivity contribution is -0.164. The van der Waals surface area contributed by atoms with E-state index in [2.05, 4.69) is 40.6 Å². The first-order valence-corrected chi connectivity index (χ1v) is 13.1. The predicted octanol–water partition coefficient (Wildman–Crippen LogP) is 7.06.